The number of carbonyl (C=O) groups is 1. The minimum Gasteiger partial charge on any atom is -0.325 e. The van der Waals surface area contributed by atoms with Crippen molar-refractivity contribution in [2.24, 2.45) is 0 Å². The Balaban J connectivity index is 2.06. The summed E-state index contributed by atoms with van der Waals surface area (Å²) in [5.74, 6) is 0.470. The van der Waals surface area contributed by atoms with Gasteiger partial charge in [-0.05, 0) is 19.3 Å². The first kappa shape index (κ1) is 11.9. The Morgan fingerprint density at radius 3 is 2.81 bits per heavy atom. The molecule has 0 aromatic carbocycles. The van der Waals surface area contributed by atoms with Crippen LogP contribution in [0.2, 0.25) is 0 Å². The van der Waals surface area contributed by atoms with Crippen LogP contribution in [-0.4, -0.2) is 49.5 Å². The molecule has 0 bridgehead atoms. The number of nitrogens with one attached hydrogen (secondary N) is 1. The third-order valence-electron chi connectivity index (χ3n) is 3.38. The van der Waals surface area contributed by atoms with E-state index in [0.29, 0.717) is 13.1 Å². The van der Waals surface area contributed by atoms with E-state index >= 15 is 0 Å². The van der Waals surface area contributed by atoms with E-state index in [1.54, 1.807) is 4.90 Å². The van der Waals surface area contributed by atoms with Gasteiger partial charge in [0.25, 0.3) is 0 Å². The molecule has 2 saturated heterocycles. The predicted molar refractivity (Wildman–Crippen MR) is 60.6 cm³/mol. The summed E-state index contributed by atoms with van der Waals surface area (Å²) in [5, 5.41) is 3.11. The molecule has 2 rings (SSSR count). The van der Waals surface area contributed by atoms with Crippen LogP contribution < -0.4 is 5.32 Å². The maximum atomic E-state index is 11.9. The maximum Gasteiger partial charge on any atom is 0.241 e. The molecule has 6 heteroatoms. The van der Waals surface area contributed by atoms with Crippen LogP contribution in [-0.2, 0) is 14.6 Å². The van der Waals surface area contributed by atoms with Gasteiger partial charge in [-0.3, -0.25) is 10.1 Å². The molecule has 2 unspecified atom stereocenters. The van der Waals surface area contributed by atoms with E-state index in [2.05, 4.69) is 5.32 Å². The lowest BCUT2D eigenvalue weighted by Crippen LogP contribution is -2.45. The lowest BCUT2D eigenvalue weighted by molar-refractivity contribution is -0.130. The largest absolute Gasteiger partial charge is 0.325 e. The fourth-order valence-corrected chi connectivity index (χ4v) is 4.15. The average molecular weight is 246 g/mol. The molecule has 0 aromatic heterocycles. The fourth-order valence-electron chi connectivity index (χ4n) is 2.45. The molecule has 92 valence electrons. The summed E-state index contributed by atoms with van der Waals surface area (Å²) in [6, 6.07) is -0.236. The van der Waals surface area contributed by atoms with Crippen LogP contribution in [0.15, 0.2) is 0 Å². The Kier molecular flexibility index (Phi) is 3.21. The van der Waals surface area contributed by atoms with Crippen LogP contribution in [0.1, 0.15) is 26.2 Å². The molecule has 0 saturated carbocycles. The normalized spacial score (nSPS) is 34.3. The Labute approximate surface area is 96.1 Å². The quantitative estimate of drug-likeness (QED) is 0.728. The number of hydrogen-bond acceptors (Lipinski definition) is 4. The van der Waals surface area contributed by atoms with Crippen molar-refractivity contribution in [1.29, 1.82) is 0 Å². The van der Waals surface area contributed by atoms with Crippen molar-refractivity contribution in [3.63, 3.8) is 0 Å². The summed E-state index contributed by atoms with van der Waals surface area (Å²) in [5.41, 5.74) is 0. The Morgan fingerprint density at radius 1 is 1.50 bits per heavy atom. The molecule has 0 spiro atoms. The zero-order chi connectivity index (χ0) is 11.8. The first-order valence-corrected chi connectivity index (χ1v) is 7.60. The second-order valence-corrected chi connectivity index (χ2v) is 6.77. The fraction of sp³-hybridized carbons (Fsp3) is 0.900. The Morgan fingerprint density at radius 2 is 2.25 bits per heavy atom. The molecule has 0 aromatic rings. The average Bonchev–Trinajstić information content (AvgIpc) is 2.58. The lowest BCUT2D eigenvalue weighted by Gasteiger charge is -2.30. The first-order chi connectivity index (χ1) is 7.53. The van der Waals surface area contributed by atoms with E-state index < -0.39 is 9.84 Å². The van der Waals surface area contributed by atoms with Gasteiger partial charge in [0.2, 0.25) is 5.91 Å². The minimum absolute atomic E-state index is 0.0598. The highest BCUT2D eigenvalue weighted by Crippen LogP contribution is 2.20. The van der Waals surface area contributed by atoms with Crippen LogP contribution in [0.25, 0.3) is 0 Å². The smallest absolute Gasteiger partial charge is 0.241 e. The standard InChI is InChI=1S/C10H18N2O3S/c1-2-9-10(13)12(7-11-9)8-4-3-5-16(14,15)6-8/h8-9,11H,2-7H2,1H3. The summed E-state index contributed by atoms with van der Waals surface area (Å²) >= 11 is 0. The van der Waals surface area contributed by atoms with Gasteiger partial charge < -0.3 is 4.90 Å². The first-order valence-electron chi connectivity index (χ1n) is 5.78. The maximum absolute atomic E-state index is 11.9. The SMILES string of the molecule is CCC1NCN(C2CCCS(=O)(=O)C2)C1=O. The number of hydrogen-bond donors (Lipinski definition) is 1. The van der Waals surface area contributed by atoms with Crippen LogP contribution >= 0.6 is 0 Å². The molecule has 0 aliphatic carbocycles. The van der Waals surface area contributed by atoms with Gasteiger partial charge in [-0.1, -0.05) is 6.92 Å². The summed E-state index contributed by atoms with van der Waals surface area (Å²) in [6.45, 7) is 2.45. The number of rotatable bonds is 2. The van der Waals surface area contributed by atoms with Crippen molar-refractivity contribution >= 4 is 15.7 Å². The number of sulfone groups is 1. The molecule has 1 amide bonds. The van der Waals surface area contributed by atoms with E-state index in [-0.39, 0.29) is 29.5 Å². The highest BCUT2D eigenvalue weighted by atomic mass is 32.2. The van der Waals surface area contributed by atoms with Crippen LogP contribution in [0.5, 0.6) is 0 Å². The third-order valence-corrected chi connectivity index (χ3v) is 5.18. The molecule has 2 heterocycles. The van der Waals surface area contributed by atoms with Crippen LogP contribution in [0.3, 0.4) is 0 Å². The van der Waals surface area contributed by atoms with E-state index in [9.17, 15) is 13.2 Å². The minimum atomic E-state index is -2.94. The van der Waals surface area contributed by atoms with Gasteiger partial charge in [0, 0.05) is 6.04 Å². The molecule has 1 N–H and O–H groups in total. The van der Waals surface area contributed by atoms with Crippen LogP contribution in [0.4, 0.5) is 0 Å². The van der Waals surface area contributed by atoms with Crippen LogP contribution in [0, 0.1) is 0 Å². The lowest BCUT2D eigenvalue weighted by atomic mass is 10.1. The topological polar surface area (TPSA) is 66.5 Å². The second kappa shape index (κ2) is 4.33. The van der Waals surface area contributed by atoms with Crippen molar-refractivity contribution < 1.29 is 13.2 Å². The predicted octanol–water partition coefficient (Wildman–Crippen LogP) is -0.268. The van der Waals surface area contributed by atoms with Crippen molar-refractivity contribution in [3.05, 3.63) is 0 Å². The zero-order valence-corrected chi connectivity index (χ0v) is 10.3. The van der Waals surface area contributed by atoms with Crippen molar-refractivity contribution in [1.82, 2.24) is 10.2 Å². The van der Waals surface area contributed by atoms with E-state index in [0.717, 1.165) is 12.8 Å². The molecular weight excluding hydrogens is 228 g/mol. The van der Waals surface area contributed by atoms with Crippen molar-refractivity contribution in [3.8, 4) is 0 Å². The number of amides is 1. The number of nitrogens with zero attached hydrogens (tertiary/aromatic N) is 1. The molecule has 0 radical (unpaired) electrons. The second-order valence-electron chi connectivity index (χ2n) is 4.54. The van der Waals surface area contributed by atoms with E-state index in [1.165, 1.54) is 0 Å². The van der Waals surface area contributed by atoms with Gasteiger partial charge >= 0.3 is 0 Å². The molecule has 16 heavy (non-hydrogen) atoms. The van der Waals surface area contributed by atoms with Gasteiger partial charge in [0.05, 0.1) is 24.2 Å². The van der Waals surface area contributed by atoms with Gasteiger partial charge in [0.1, 0.15) is 0 Å². The third kappa shape index (κ3) is 2.22. The van der Waals surface area contributed by atoms with Gasteiger partial charge in [0.15, 0.2) is 9.84 Å². The highest BCUT2D eigenvalue weighted by Gasteiger charge is 2.37. The molecule has 2 aliphatic heterocycles. The Hall–Kier alpha value is -0.620. The Bertz CT molecular complexity index is 380. The van der Waals surface area contributed by atoms with Gasteiger partial charge in [-0.15, -0.1) is 0 Å². The van der Waals surface area contributed by atoms with E-state index in [1.807, 2.05) is 6.92 Å². The summed E-state index contributed by atoms with van der Waals surface area (Å²) in [6.07, 6.45) is 2.24. The highest BCUT2D eigenvalue weighted by molar-refractivity contribution is 7.91. The monoisotopic (exact) mass is 246 g/mol. The van der Waals surface area contributed by atoms with Gasteiger partial charge in [-0.2, -0.15) is 0 Å². The zero-order valence-electron chi connectivity index (χ0n) is 9.48. The van der Waals surface area contributed by atoms with E-state index in [4.69, 9.17) is 0 Å². The van der Waals surface area contributed by atoms with Gasteiger partial charge in [-0.25, -0.2) is 8.42 Å². The van der Waals surface area contributed by atoms with Crippen molar-refractivity contribution in [2.75, 3.05) is 18.2 Å². The number of carbonyl (C=O) groups excluding carboxylic acids is 1. The molecular formula is C10H18N2O3S. The molecule has 2 aliphatic rings. The van der Waals surface area contributed by atoms with Crippen molar-refractivity contribution in [2.45, 2.75) is 38.3 Å². The molecule has 2 fully saturated rings. The summed E-state index contributed by atoms with van der Waals surface area (Å²) < 4.78 is 23.0. The summed E-state index contributed by atoms with van der Waals surface area (Å²) in [4.78, 5) is 13.6. The molecule has 2 atom stereocenters. The molecule has 5 nitrogen and oxygen atoms in total. The summed E-state index contributed by atoms with van der Waals surface area (Å²) in [7, 11) is -2.94.